The molecule has 0 atom stereocenters. The van der Waals surface area contributed by atoms with E-state index in [1.54, 1.807) is 0 Å². The Balaban J connectivity index is 2.82. The van der Waals surface area contributed by atoms with Crippen LogP contribution in [0.25, 0.3) is 0 Å². The van der Waals surface area contributed by atoms with E-state index in [4.69, 9.17) is 5.11 Å². The van der Waals surface area contributed by atoms with E-state index in [1.807, 2.05) is 13.8 Å². The lowest BCUT2D eigenvalue weighted by Crippen LogP contribution is -2.24. The fraction of sp³-hybridized carbons (Fsp3) is 0.533. The van der Waals surface area contributed by atoms with Crippen molar-refractivity contribution in [2.45, 2.75) is 26.7 Å². The minimum atomic E-state index is -1.22. The second-order valence-corrected chi connectivity index (χ2v) is 5.63. The fourth-order valence-electron chi connectivity index (χ4n) is 1.93. The monoisotopic (exact) mass is 301 g/mol. The Morgan fingerprint density at radius 1 is 1.33 bits per heavy atom. The van der Waals surface area contributed by atoms with E-state index in [2.05, 4.69) is 10.1 Å². The molecule has 0 heterocycles. The zero-order valence-corrected chi connectivity index (χ0v) is 12.5. The molecule has 0 spiro atoms. The first-order chi connectivity index (χ1) is 9.82. The van der Waals surface area contributed by atoms with Crippen molar-refractivity contribution in [1.29, 1.82) is 0 Å². The molecule has 2 N–H and O–H groups in total. The maximum atomic E-state index is 13.9. The third kappa shape index (κ3) is 4.67. The number of hydrogen-bond acceptors (Lipinski definition) is 4. The van der Waals surface area contributed by atoms with Crippen LogP contribution in [0.5, 0.6) is 0 Å². The molecular formula is C15H21F2NO3. The van der Waals surface area contributed by atoms with E-state index in [1.165, 1.54) is 12.1 Å². The third-order valence-electron chi connectivity index (χ3n) is 3.26. The van der Waals surface area contributed by atoms with Gasteiger partial charge in [0, 0.05) is 13.2 Å². The lowest BCUT2D eigenvalue weighted by molar-refractivity contribution is 0.0594. The number of hydrogen-bond donors (Lipinski definition) is 2. The van der Waals surface area contributed by atoms with E-state index in [9.17, 15) is 13.6 Å². The van der Waals surface area contributed by atoms with Crippen LogP contribution in [0.1, 0.15) is 37.0 Å². The number of methoxy groups -OCH3 is 1. The van der Waals surface area contributed by atoms with Crippen molar-refractivity contribution in [3.05, 3.63) is 29.3 Å². The number of anilines is 1. The Bertz CT molecular complexity index is 504. The molecular weight excluding hydrogens is 280 g/mol. The summed E-state index contributed by atoms with van der Waals surface area (Å²) in [6, 6.07) is 2.50. The average molecular weight is 301 g/mol. The molecule has 1 aromatic rings. The van der Waals surface area contributed by atoms with Gasteiger partial charge in [-0.05, 0) is 30.4 Å². The number of nitrogens with one attached hydrogen (secondary N) is 1. The van der Waals surface area contributed by atoms with Gasteiger partial charge in [0.15, 0.2) is 11.6 Å². The quantitative estimate of drug-likeness (QED) is 0.760. The number of halogens is 2. The summed E-state index contributed by atoms with van der Waals surface area (Å²) < 4.78 is 32.1. The van der Waals surface area contributed by atoms with Crippen molar-refractivity contribution in [1.82, 2.24) is 0 Å². The molecule has 0 aliphatic heterocycles. The van der Waals surface area contributed by atoms with Crippen LogP contribution in [0.3, 0.4) is 0 Å². The topological polar surface area (TPSA) is 58.6 Å². The van der Waals surface area contributed by atoms with Gasteiger partial charge in [-0.2, -0.15) is 0 Å². The molecule has 6 heteroatoms. The van der Waals surface area contributed by atoms with Gasteiger partial charge in [-0.3, -0.25) is 0 Å². The van der Waals surface area contributed by atoms with Crippen molar-refractivity contribution in [2.75, 3.05) is 25.6 Å². The van der Waals surface area contributed by atoms with Gasteiger partial charge in [0.25, 0.3) is 0 Å². The van der Waals surface area contributed by atoms with Crippen molar-refractivity contribution in [2.24, 2.45) is 5.41 Å². The number of aliphatic hydroxyl groups excluding tert-OH is 1. The van der Waals surface area contributed by atoms with Crippen LogP contribution >= 0.6 is 0 Å². The number of ether oxygens (including phenoxy) is 1. The minimum Gasteiger partial charge on any atom is -0.465 e. The molecule has 0 saturated carbocycles. The summed E-state index contributed by atoms with van der Waals surface area (Å²) in [4.78, 5) is 11.3. The van der Waals surface area contributed by atoms with E-state index in [0.29, 0.717) is 13.0 Å². The van der Waals surface area contributed by atoms with Crippen LogP contribution in [-0.4, -0.2) is 31.3 Å². The predicted octanol–water partition coefficient (Wildman–Crippen LogP) is 2.96. The van der Waals surface area contributed by atoms with Crippen LogP contribution in [0.15, 0.2) is 12.1 Å². The standard InChI is InChI=1S/C15H21F2NO3/c1-15(2,7-4-8-19)9-18-11-6-5-10(14(20)21-3)12(16)13(11)17/h5-6,18-19H,4,7-9H2,1-3H3. The Kier molecular flexibility index (Phi) is 6.08. The van der Waals surface area contributed by atoms with E-state index in [0.717, 1.165) is 13.5 Å². The number of esters is 1. The number of rotatable bonds is 7. The third-order valence-corrected chi connectivity index (χ3v) is 3.26. The highest BCUT2D eigenvalue weighted by Gasteiger charge is 2.21. The van der Waals surface area contributed by atoms with Crippen LogP contribution < -0.4 is 5.32 Å². The van der Waals surface area contributed by atoms with Gasteiger partial charge < -0.3 is 15.2 Å². The molecule has 21 heavy (non-hydrogen) atoms. The Morgan fingerprint density at radius 3 is 2.57 bits per heavy atom. The molecule has 0 unspecified atom stereocenters. The number of aliphatic hydroxyl groups is 1. The van der Waals surface area contributed by atoms with Crippen molar-refractivity contribution < 1.29 is 23.4 Å². The summed E-state index contributed by atoms with van der Waals surface area (Å²) in [6.07, 6.45) is 1.40. The fourth-order valence-corrected chi connectivity index (χ4v) is 1.93. The maximum Gasteiger partial charge on any atom is 0.340 e. The number of carbonyl (C=O) groups excluding carboxylic acids is 1. The van der Waals surface area contributed by atoms with Crippen molar-refractivity contribution >= 4 is 11.7 Å². The summed E-state index contributed by atoms with van der Waals surface area (Å²) in [5, 5.41) is 11.7. The molecule has 1 aromatic carbocycles. The molecule has 1 rings (SSSR count). The van der Waals surface area contributed by atoms with Crippen LogP contribution in [-0.2, 0) is 4.74 Å². The van der Waals surface area contributed by atoms with Gasteiger partial charge in [-0.15, -0.1) is 0 Å². The van der Waals surface area contributed by atoms with Gasteiger partial charge in [0.05, 0.1) is 18.4 Å². The largest absolute Gasteiger partial charge is 0.465 e. The predicted molar refractivity (Wildman–Crippen MR) is 76.3 cm³/mol. The molecule has 4 nitrogen and oxygen atoms in total. The van der Waals surface area contributed by atoms with Crippen molar-refractivity contribution in [3.63, 3.8) is 0 Å². The molecule has 0 aliphatic carbocycles. The zero-order chi connectivity index (χ0) is 16.0. The van der Waals surface area contributed by atoms with Crippen LogP contribution in [0, 0.1) is 17.0 Å². The number of benzene rings is 1. The summed E-state index contributed by atoms with van der Waals surface area (Å²) in [7, 11) is 1.11. The summed E-state index contributed by atoms with van der Waals surface area (Å²) in [5.74, 6) is -3.24. The first-order valence-corrected chi connectivity index (χ1v) is 6.73. The van der Waals surface area contributed by atoms with Gasteiger partial charge in [-0.25, -0.2) is 13.6 Å². The normalized spacial score (nSPS) is 11.3. The first-order valence-electron chi connectivity index (χ1n) is 6.73. The van der Waals surface area contributed by atoms with E-state index in [-0.39, 0.29) is 17.7 Å². The highest BCUT2D eigenvalue weighted by molar-refractivity contribution is 5.90. The maximum absolute atomic E-state index is 13.9. The Labute approximate surface area is 123 Å². The average Bonchev–Trinajstić information content (AvgIpc) is 2.46. The van der Waals surface area contributed by atoms with Gasteiger partial charge in [0.2, 0.25) is 0 Å². The zero-order valence-electron chi connectivity index (χ0n) is 12.5. The molecule has 0 saturated heterocycles. The first kappa shape index (κ1) is 17.4. The molecule has 0 radical (unpaired) electrons. The van der Waals surface area contributed by atoms with E-state index < -0.39 is 23.2 Å². The minimum absolute atomic E-state index is 0.00257. The van der Waals surface area contributed by atoms with E-state index >= 15 is 0 Å². The molecule has 0 aromatic heterocycles. The molecule has 118 valence electrons. The van der Waals surface area contributed by atoms with Gasteiger partial charge >= 0.3 is 5.97 Å². The lowest BCUT2D eigenvalue weighted by atomic mass is 9.88. The highest BCUT2D eigenvalue weighted by atomic mass is 19.2. The van der Waals surface area contributed by atoms with Crippen LogP contribution in [0.4, 0.5) is 14.5 Å². The molecule has 0 aliphatic rings. The smallest absolute Gasteiger partial charge is 0.340 e. The lowest BCUT2D eigenvalue weighted by Gasteiger charge is -2.25. The number of carbonyl (C=O) groups is 1. The van der Waals surface area contributed by atoms with Crippen molar-refractivity contribution in [3.8, 4) is 0 Å². The summed E-state index contributed by atoms with van der Waals surface area (Å²) in [5.41, 5.74) is -0.607. The summed E-state index contributed by atoms with van der Waals surface area (Å²) in [6.45, 7) is 4.45. The second kappa shape index (κ2) is 7.36. The van der Waals surface area contributed by atoms with Crippen LogP contribution in [0.2, 0.25) is 0 Å². The molecule has 0 bridgehead atoms. The second-order valence-electron chi connectivity index (χ2n) is 5.63. The SMILES string of the molecule is COC(=O)c1ccc(NCC(C)(C)CCCO)c(F)c1F. The summed E-state index contributed by atoms with van der Waals surface area (Å²) >= 11 is 0. The highest BCUT2D eigenvalue weighted by Crippen LogP contribution is 2.26. The molecule has 0 amide bonds. The van der Waals surface area contributed by atoms with Gasteiger partial charge in [-0.1, -0.05) is 13.8 Å². The van der Waals surface area contributed by atoms with Gasteiger partial charge in [0.1, 0.15) is 0 Å². The Morgan fingerprint density at radius 2 is 2.00 bits per heavy atom. The Hall–Kier alpha value is -1.69. The molecule has 0 fully saturated rings.